The van der Waals surface area contributed by atoms with Crippen LogP contribution < -0.4 is 0 Å². The standard InChI is InChI=1S/C15H19NO/c1-10-14(13(17)9-15(2,3)4)11-7-5-6-8-12(11)16-10/h5-8,16H,9H2,1-4H3. The summed E-state index contributed by atoms with van der Waals surface area (Å²) >= 11 is 0. The van der Waals surface area contributed by atoms with Gasteiger partial charge in [-0.3, -0.25) is 4.79 Å². The van der Waals surface area contributed by atoms with Crippen LogP contribution in [-0.4, -0.2) is 10.8 Å². The first-order chi connectivity index (χ1) is 7.88. The van der Waals surface area contributed by atoms with Crippen LogP contribution in [0.2, 0.25) is 0 Å². The van der Waals surface area contributed by atoms with Crippen LogP contribution in [0.4, 0.5) is 0 Å². The highest BCUT2D eigenvalue weighted by Gasteiger charge is 2.21. The molecule has 0 aliphatic heterocycles. The molecule has 0 aliphatic rings. The van der Waals surface area contributed by atoms with Gasteiger partial charge in [-0.2, -0.15) is 0 Å². The molecular weight excluding hydrogens is 210 g/mol. The van der Waals surface area contributed by atoms with E-state index in [1.165, 1.54) is 0 Å². The Bertz CT molecular complexity index is 558. The number of aromatic nitrogens is 1. The number of carbonyl (C=O) groups is 1. The summed E-state index contributed by atoms with van der Waals surface area (Å²) in [6.45, 7) is 8.25. The lowest BCUT2D eigenvalue weighted by Crippen LogP contribution is -2.13. The van der Waals surface area contributed by atoms with Gasteiger partial charge in [0.25, 0.3) is 0 Å². The van der Waals surface area contributed by atoms with Gasteiger partial charge in [0.1, 0.15) is 0 Å². The highest BCUT2D eigenvalue weighted by Crippen LogP contribution is 2.27. The van der Waals surface area contributed by atoms with Crippen LogP contribution in [0.3, 0.4) is 0 Å². The number of fused-ring (bicyclic) bond motifs is 1. The molecule has 0 saturated carbocycles. The predicted octanol–water partition coefficient (Wildman–Crippen LogP) is 4.10. The molecule has 2 nitrogen and oxygen atoms in total. The third-order valence-electron chi connectivity index (χ3n) is 2.86. The summed E-state index contributed by atoms with van der Waals surface area (Å²) < 4.78 is 0. The van der Waals surface area contributed by atoms with E-state index in [4.69, 9.17) is 0 Å². The van der Waals surface area contributed by atoms with Crippen LogP contribution >= 0.6 is 0 Å². The molecule has 17 heavy (non-hydrogen) atoms. The quantitative estimate of drug-likeness (QED) is 0.773. The highest BCUT2D eigenvalue weighted by molar-refractivity contribution is 6.09. The van der Waals surface area contributed by atoms with E-state index in [1.807, 2.05) is 31.2 Å². The van der Waals surface area contributed by atoms with E-state index < -0.39 is 0 Å². The number of nitrogens with one attached hydrogen (secondary N) is 1. The van der Waals surface area contributed by atoms with Crippen LogP contribution in [0.25, 0.3) is 10.9 Å². The summed E-state index contributed by atoms with van der Waals surface area (Å²) in [7, 11) is 0. The molecule has 0 fully saturated rings. The lowest BCUT2D eigenvalue weighted by Gasteiger charge is -2.16. The monoisotopic (exact) mass is 229 g/mol. The topological polar surface area (TPSA) is 32.9 Å². The Morgan fingerprint density at radius 3 is 2.53 bits per heavy atom. The Morgan fingerprint density at radius 2 is 1.88 bits per heavy atom. The van der Waals surface area contributed by atoms with Crippen LogP contribution in [-0.2, 0) is 0 Å². The van der Waals surface area contributed by atoms with Gasteiger partial charge in [-0.25, -0.2) is 0 Å². The number of benzene rings is 1. The number of aromatic amines is 1. The minimum absolute atomic E-state index is 0.0297. The zero-order valence-corrected chi connectivity index (χ0v) is 10.9. The van der Waals surface area contributed by atoms with Crippen molar-refractivity contribution in [3.05, 3.63) is 35.5 Å². The molecule has 0 saturated heterocycles. The molecule has 90 valence electrons. The number of rotatable bonds is 2. The average molecular weight is 229 g/mol. The van der Waals surface area contributed by atoms with Crippen LogP contribution in [0.1, 0.15) is 43.2 Å². The summed E-state index contributed by atoms with van der Waals surface area (Å²) in [6, 6.07) is 7.98. The fourth-order valence-electron chi connectivity index (χ4n) is 2.21. The number of ketones is 1. The zero-order valence-electron chi connectivity index (χ0n) is 10.9. The molecule has 0 spiro atoms. The molecule has 0 amide bonds. The molecule has 0 atom stereocenters. The van der Waals surface area contributed by atoms with Crippen molar-refractivity contribution in [1.29, 1.82) is 0 Å². The third-order valence-corrected chi connectivity index (χ3v) is 2.86. The molecule has 0 radical (unpaired) electrons. The van der Waals surface area contributed by atoms with E-state index in [0.717, 1.165) is 22.2 Å². The van der Waals surface area contributed by atoms with E-state index in [-0.39, 0.29) is 11.2 Å². The van der Waals surface area contributed by atoms with Gasteiger partial charge in [0, 0.05) is 28.6 Å². The van der Waals surface area contributed by atoms with Crippen molar-refractivity contribution in [3.8, 4) is 0 Å². The van der Waals surface area contributed by atoms with Gasteiger partial charge >= 0.3 is 0 Å². The normalized spacial score (nSPS) is 12.0. The van der Waals surface area contributed by atoms with Gasteiger partial charge < -0.3 is 4.98 Å². The molecular formula is C15H19NO. The average Bonchev–Trinajstić information content (AvgIpc) is 2.50. The SMILES string of the molecule is Cc1[nH]c2ccccc2c1C(=O)CC(C)(C)C. The summed E-state index contributed by atoms with van der Waals surface area (Å²) in [5, 5.41) is 1.04. The van der Waals surface area contributed by atoms with E-state index in [9.17, 15) is 4.79 Å². The van der Waals surface area contributed by atoms with Crippen LogP contribution in [0.15, 0.2) is 24.3 Å². The van der Waals surface area contributed by atoms with Gasteiger partial charge in [0.2, 0.25) is 0 Å². The van der Waals surface area contributed by atoms with E-state index in [0.29, 0.717) is 6.42 Å². The molecule has 2 rings (SSSR count). The van der Waals surface area contributed by atoms with Gasteiger partial charge in [-0.15, -0.1) is 0 Å². The smallest absolute Gasteiger partial charge is 0.165 e. The van der Waals surface area contributed by atoms with Crippen molar-refractivity contribution in [3.63, 3.8) is 0 Å². The maximum Gasteiger partial charge on any atom is 0.165 e. The number of hydrogen-bond acceptors (Lipinski definition) is 1. The first-order valence-corrected chi connectivity index (χ1v) is 5.99. The molecule has 2 aromatic rings. The first-order valence-electron chi connectivity index (χ1n) is 5.99. The molecule has 0 aliphatic carbocycles. The fraction of sp³-hybridized carbons (Fsp3) is 0.400. The zero-order chi connectivity index (χ0) is 12.6. The number of Topliss-reactive ketones (excluding diaryl/α,β-unsaturated/α-hetero) is 1. The maximum atomic E-state index is 12.3. The molecule has 1 aromatic carbocycles. The lowest BCUT2D eigenvalue weighted by molar-refractivity contribution is 0.0941. The second-order valence-corrected chi connectivity index (χ2v) is 5.83. The van der Waals surface area contributed by atoms with Crippen molar-refractivity contribution in [2.24, 2.45) is 5.41 Å². The molecule has 2 heteroatoms. The maximum absolute atomic E-state index is 12.3. The summed E-state index contributed by atoms with van der Waals surface area (Å²) in [6.07, 6.45) is 0.579. The van der Waals surface area contributed by atoms with Gasteiger partial charge in [0.15, 0.2) is 5.78 Å². The van der Waals surface area contributed by atoms with Crippen molar-refractivity contribution >= 4 is 16.7 Å². The van der Waals surface area contributed by atoms with Crippen LogP contribution in [0, 0.1) is 12.3 Å². The van der Waals surface area contributed by atoms with Crippen molar-refractivity contribution < 1.29 is 4.79 Å². The van der Waals surface area contributed by atoms with E-state index >= 15 is 0 Å². The Balaban J connectivity index is 2.48. The summed E-state index contributed by atoms with van der Waals surface area (Å²) in [4.78, 5) is 15.6. The van der Waals surface area contributed by atoms with Gasteiger partial charge in [-0.1, -0.05) is 39.0 Å². The minimum Gasteiger partial charge on any atom is -0.358 e. The number of hydrogen-bond donors (Lipinski definition) is 1. The second kappa shape index (κ2) is 4.02. The van der Waals surface area contributed by atoms with Crippen molar-refractivity contribution in [2.45, 2.75) is 34.1 Å². The molecule has 1 N–H and O–H groups in total. The van der Waals surface area contributed by atoms with Gasteiger partial charge in [-0.05, 0) is 18.4 Å². The molecule has 1 aromatic heterocycles. The number of aryl methyl sites for hydroxylation is 1. The number of para-hydroxylation sites is 1. The Labute approximate surface area is 102 Å². The number of H-pyrrole nitrogens is 1. The fourth-order valence-corrected chi connectivity index (χ4v) is 2.21. The summed E-state index contributed by atoms with van der Waals surface area (Å²) in [5.41, 5.74) is 2.90. The Hall–Kier alpha value is -1.57. The first kappa shape index (κ1) is 11.9. The Kier molecular flexibility index (Phi) is 2.82. The third kappa shape index (κ3) is 2.41. The molecule has 0 unspecified atom stereocenters. The molecule has 0 bridgehead atoms. The predicted molar refractivity (Wildman–Crippen MR) is 71.4 cm³/mol. The minimum atomic E-state index is 0.0297. The van der Waals surface area contributed by atoms with E-state index in [1.54, 1.807) is 0 Å². The number of carbonyl (C=O) groups excluding carboxylic acids is 1. The largest absolute Gasteiger partial charge is 0.358 e. The highest BCUT2D eigenvalue weighted by atomic mass is 16.1. The van der Waals surface area contributed by atoms with Crippen molar-refractivity contribution in [1.82, 2.24) is 4.98 Å². The second-order valence-electron chi connectivity index (χ2n) is 5.83. The molecule has 1 heterocycles. The van der Waals surface area contributed by atoms with Crippen molar-refractivity contribution in [2.75, 3.05) is 0 Å². The summed E-state index contributed by atoms with van der Waals surface area (Å²) in [5.74, 6) is 0.229. The Morgan fingerprint density at radius 1 is 1.24 bits per heavy atom. The van der Waals surface area contributed by atoms with E-state index in [2.05, 4.69) is 25.8 Å². The van der Waals surface area contributed by atoms with Crippen LogP contribution in [0.5, 0.6) is 0 Å². The van der Waals surface area contributed by atoms with Gasteiger partial charge in [0.05, 0.1) is 0 Å². The lowest BCUT2D eigenvalue weighted by atomic mass is 9.87.